The standard InChI is InChI=1S/C14H21N3O3S/c1-8(2)11-12(15-7-21-11)17-14(20)16-10-5-3-9(4-6-10)13(18)19/h7-10H,3-6H2,1-2H3,(H,18,19)(H2,16,17,20). The number of carboxylic acids is 1. The van der Waals surface area contributed by atoms with E-state index in [2.05, 4.69) is 29.5 Å². The quantitative estimate of drug-likeness (QED) is 0.797. The van der Waals surface area contributed by atoms with Gasteiger partial charge in [-0.1, -0.05) is 13.8 Å². The van der Waals surface area contributed by atoms with Gasteiger partial charge in [-0.25, -0.2) is 9.78 Å². The van der Waals surface area contributed by atoms with Gasteiger partial charge >= 0.3 is 12.0 Å². The molecule has 0 saturated heterocycles. The molecule has 0 unspecified atom stereocenters. The summed E-state index contributed by atoms with van der Waals surface area (Å²) < 4.78 is 0. The van der Waals surface area contributed by atoms with Gasteiger partial charge < -0.3 is 10.4 Å². The second-order valence-corrected chi connectivity index (χ2v) is 6.59. The van der Waals surface area contributed by atoms with E-state index in [1.54, 1.807) is 5.51 Å². The van der Waals surface area contributed by atoms with Gasteiger partial charge in [-0.3, -0.25) is 10.1 Å². The number of rotatable bonds is 4. The average molecular weight is 311 g/mol. The number of aliphatic carboxylic acids is 1. The number of urea groups is 1. The van der Waals surface area contributed by atoms with Crippen molar-refractivity contribution in [3.05, 3.63) is 10.4 Å². The summed E-state index contributed by atoms with van der Waals surface area (Å²) >= 11 is 1.53. The summed E-state index contributed by atoms with van der Waals surface area (Å²) in [7, 11) is 0. The first-order chi connectivity index (χ1) is 9.97. The van der Waals surface area contributed by atoms with Crippen LogP contribution in [0.4, 0.5) is 10.6 Å². The third kappa shape index (κ3) is 4.17. The number of carbonyl (C=O) groups excluding carboxylic acids is 1. The molecule has 1 aromatic heterocycles. The number of aromatic nitrogens is 1. The van der Waals surface area contributed by atoms with E-state index in [0.717, 1.165) is 4.88 Å². The topological polar surface area (TPSA) is 91.3 Å². The highest BCUT2D eigenvalue weighted by Gasteiger charge is 2.26. The molecule has 0 radical (unpaired) electrons. The lowest BCUT2D eigenvalue weighted by Gasteiger charge is -2.26. The molecular weight excluding hydrogens is 290 g/mol. The molecular formula is C14H21N3O3S. The Morgan fingerprint density at radius 2 is 2.00 bits per heavy atom. The molecule has 1 aromatic rings. The zero-order chi connectivity index (χ0) is 15.4. The molecule has 6 nitrogen and oxygen atoms in total. The van der Waals surface area contributed by atoms with E-state index in [9.17, 15) is 9.59 Å². The number of hydrogen-bond acceptors (Lipinski definition) is 4. The summed E-state index contributed by atoms with van der Waals surface area (Å²) in [5.74, 6) is -0.0651. The van der Waals surface area contributed by atoms with Gasteiger partial charge in [0, 0.05) is 6.04 Å². The Kier molecular flexibility index (Phi) is 5.17. The van der Waals surface area contributed by atoms with E-state index in [0.29, 0.717) is 37.4 Å². The second kappa shape index (κ2) is 6.89. The molecule has 0 spiro atoms. The number of hydrogen-bond donors (Lipinski definition) is 3. The molecule has 1 aliphatic rings. The smallest absolute Gasteiger partial charge is 0.320 e. The lowest BCUT2D eigenvalue weighted by atomic mass is 9.86. The van der Waals surface area contributed by atoms with Gasteiger partial charge in [0.2, 0.25) is 0 Å². The van der Waals surface area contributed by atoms with Crippen LogP contribution >= 0.6 is 11.3 Å². The number of anilines is 1. The highest BCUT2D eigenvalue weighted by molar-refractivity contribution is 7.10. The molecule has 2 rings (SSSR count). The van der Waals surface area contributed by atoms with Gasteiger partial charge in [0.1, 0.15) is 5.82 Å². The lowest BCUT2D eigenvalue weighted by Crippen LogP contribution is -2.41. The molecule has 2 amide bonds. The van der Waals surface area contributed by atoms with Gasteiger partial charge in [-0.15, -0.1) is 11.3 Å². The first-order valence-corrected chi connectivity index (χ1v) is 8.09. The maximum Gasteiger partial charge on any atom is 0.320 e. The van der Waals surface area contributed by atoms with Gasteiger partial charge in [0.25, 0.3) is 0 Å². The van der Waals surface area contributed by atoms with Crippen LogP contribution in [0.3, 0.4) is 0 Å². The van der Waals surface area contributed by atoms with Crippen molar-refractivity contribution in [2.45, 2.75) is 51.5 Å². The van der Waals surface area contributed by atoms with Crippen LogP contribution in [-0.4, -0.2) is 28.1 Å². The number of nitrogens with zero attached hydrogens (tertiary/aromatic N) is 1. The summed E-state index contributed by atoms with van der Waals surface area (Å²) in [6.07, 6.45) is 2.65. The molecule has 0 bridgehead atoms. The van der Waals surface area contributed by atoms with E-state index in [4.69, 9.17) is 5.11 Å². The van der Waals surface area contributed by atoms with Crippen LogP contribution in [0.15, 0.2) is 5.51 Å². The number of nitrogens with one attached hydrogen (secondary N) is 2. The number of thiazole rings is 1. The largest absolute Gasteiger partial charge is 0.481 e. The number of amides is 2. The zero-order valence-electron chi connectivity index (χ0n) is 12.3. The highest BCUT2D eigenvalue weighted by atomic mass is 32.1. The van der Waals surface area contributed by atoms with E-state index >= 15 is 0 Å². The van der Waals surface area contributed by atoms with Crippen molar-refractivity contribution < 1.29 is 14.7 Å². The predicted molar refractivity (Wildman–Crippen MR) is 81.7 cm³/mol. The van der Waals surface area contributed by atoms with Crippen molar-refractivity contribution in [1.29, 1.82) is 0 Å². The van der Waals surface area contributed by atoms with Crippen molar-refractivity contribution in [3.63, 3.8) is 0 Å². The summed E-state index contributed by atoms with van der Waals surface area (Å²) in [5, 5.41) is 14.6. The highest BCUT2D eigenvalue weighted by Crippen LogP contribution is 2.27. The molecule has 0 atom stereocenters. The van der Waals surface area contributed by atoms with Crippen molar-refractivity contribution >= 4 is 29.2 Å². The minimum atomic E-state index is -0.734. The van der Waals surface area contributed by atoms with Crippen molar-refractivity contribution in [2.24, 2.45) is 5.92 Å². The van der Waals surface area contributed by atoms with Gasteiger partial charge in [0.05, 0.1) is 16.3 Å². The molecule has 3 N–H and O–H groups in total. The van der Waals surface area contributed by atoms with E-state index in [1.165, 1.54) is 11.3 Å². The van der Waals surface area contributed by atoms with Crippen LogP contribution in [0.5, 0.6) is 0 Å². The maximum atomic E-state index is 12.0. The molecule has 21 heavy (non-hydrogen) atoms. The molecule has 1 aliphatic carbocycles. The van der Waals surface area contributed by atoms with Crippen LogP contribution < -0.4 is 10.6 Å². The summed E-state index contributed by atoms with van der Waals surface area (Å²) in [4.78, 5) is 28.1. The van der Waals surface area contributed by atoms with Crippen LogP contribution in [0, 0.1) is 5.92 Å². The Hall–Kier alpha value is -1.63. The van der Waals surface area contributed by atoms with Crippen molar-refractivity contribution in [1.82, 2.24) is 10.3 Å². The third-order valence-electron chi connectivity index (χ3n) is 3.76. The van der Waals surface area contributed by atoms with Gasteiger partial charge in [0.15, 0.2) is 0 Å². The normalized spacial score (nSPS) is 22.0. The monoisotopic (exact) mass is 311 g/mol. The lowest BCUT2D eigenvalue weighted by molar-refractivity contribution is -0.142. The van der Waals surface area contributed by atoms with Crippen molar-refractivity contribution in [3.8, 4) is 0 Å². The summed E-state index contributed by atoms with van der Waals surface area (Å²) in [5.41, 5.74) is 1.73. The first-order valence-electron chi connectivity index (χ1n) is 7.21. The molecule has 1 saturated carbocycles. The Morgan fingerprint density at radius 3 is 2.57 bits per heavy atom. The SMILES string of the molecule is CC(C)c1scnc1NC(=O)NC1CCC(C(=O)O)CC1. The first kappa shape index (κ1) is 15.8. The predicted octanol–water partition coefficient (Wildman–Crippen LogP) is 3.03. The average Bonchev–Trinajstić information content (AvgIpc) is 2.87. The van der Waals surface area contributed by atoms with Crippen molar-refractivity contribution in [2.75, 3.05) is 5.32 Å². The Balaban J connectivity index is 1.83. The van der Waals surface area contributed by atoms with E-state index in [1.807, 2.05) is 0 Å². The van der Waals surface area contributed by atoms with E-state index < -0.39 is 5.97 Å². The van der Waals surface area contributed by atoms with Crippen LogP contribution in [0.25, 0.3) is 0 Å². The second-order valence-electron chi connectivity index (χ2n) is 5.71. The maximum absolute atomic E-state index is 12.0. The van der Waals surface area contributed by atoms with Gasteiger partial charge in [-0.05, 0) is 31.6 Å². The van der Waals surface area contributed by atoms with E-state index in [-0.39, 0.29) is 18.0 Å². The molecule has 0 aromatic carbocycles. The van der Waals surface area contributed by atoms with Crippen LogP contribution in [0.2, 0.25) is 0 Å². The molecule has 0 aliphatic heterocycles. The molecule has 7 heteroatoms. The summed E-state index contributed by atoms with van der Waals surface area (Å²) in [6.45, 7) is 4.12. The number of carboxylic acid groups (broad SMARTS) is 1. The fraction of sp³-hybridized carbons (Fsp3) is 0.643. The molecule has 1 heterocycles. The Bertz CT molecular complexity index is 507. The fourth-order valence-electron chi connectivity index (χ4n) is 2.57. The third-order valence-corrected chi connectivity index (χ3v) is 4.89. The zero-order valence-corrected chi connectivity index (χ0v) is 13.1. The number of carbonyl (C=O) groups is 2. The van der Waals surface area contributed by atoms with Gasteiger partial charge in [-0.2, -0.15) is 0 Å². The summed E-state index contributed by atoms with van der Waals surface area (Å²) in [6, 6.07) is -0.219. The fourth-order valence-corrected chi connectivity index (χ4v) is 3.33. The molecule has 116 valence electrons. The Labute approximate surface area is 128 Å². The van der Waals surface area contributed by atoms with Crippen LogP contribution in [0.1, 0.15) is 50.3 Å². The minimum absolute atomic E-state index is 0.0433. The van der Waals surface area contributed by atoms with Crippen LogP contribution in [-0.2, 0) is 4.79 Å². The Morgan fingerprint density at radius 1 is 1.33 bits per heavy atom. The molecule has 1 fully saturated rings. The minimum Gasteiger partial charge on any atom is -0.481 e.